The van der Waals surface area contributed by atoms with E-state index in [1.54, 1.807) is 0 Å². The van der Waals surface area contributed by atoms with E-state index in [4.69, 9.17) is 10.2 Å². The van der Waals surface area contributed by atoms with Gasteiger partial charge in [0, 0.05) is 6.04 Å². The first kappa shape index (κ1) is 8.71. The smallest absolute Gasteiger partial charge is 0.0788 e. The van der Waals surface area contributed by atoms with Crippen molar-refractivity contribution in [2.45, 2.75) is 25.0 Å². The fourth-order valence-electron chi connectivity index (χ4n) is 1.21. The summed E-state index contributed by atoms with van der Waals surface area (Å²) in [6.45, 7) is 0.825. The average molecular weight is 157 g/mol. The Bertz CT molecular complexity index is 136. The highest BCUT2D eigenvalue weighted by Crippen LogP contribution is 2.04. The van der Waals surface area contributed by atoms with Crippen molar-refractivity contribution in [3.8, 4) is 0 Å². The molecule has 1 heterocycles. The zero-order valence-electron chi connectivity index (χ0n) is 6.53. The highest BCUT2D eigenvalue weighted by Gasteiger charge is 2.11. The SMILES string of the molecule is OCC(O)CC1C=CCCN1. The topological polar surface area (TPSA) is 52.5 Å². The molecule has 1 aliphatic rings. The molecule has 1 rings (SSSR count). The Balaban J connectivity index is 2.24. The second kappa shape index (κ2) is 4.49. The van der Waals surface area contributed by atoms with Crippen LogP contribution < -0.4 is 5.32 Å². The normalized spacial score (nSPS) is 26.9. The first-order chi connectivity index (χ1) is 5.33. The van der Waals surface area contributed by atoms with Gasteiger partial charge in [-0.3, -0.25) is 0 Å². The summed E-state index contributed by atoms with van der Waals surface area (Å²) in [5, 5.41) is 20.9. The van der Waals surface area contributed by atoms with Gasteiger partial charge in [-0.2, -0.15) is 0 Å². The second-order valence-electron chi connectivity index (χ2n) is 2.85. The molecule has 0 aromatic heterocycles. The summed E-state index contributed by atoms with van der Waals surface area (Å²) in [5.41, 5.74) is 0. The molecule has 2 atom stereocenters. The third-order valence-electron chi connectivity index (χ3n) is 1.82. The molecule has 0 saturated heterocycles. The number of hydrogen-bond donors (Lipinski definition) is 3. The van der Waals surface area contributed by atoms with E-state index in [1.807, 2.05) is 6.08 Å². The summed E-state index contributed by atoms with van der Waals surface area (Å²) >= 11 is 0. The minimum atomic E-state index is -0.588. The quantitative estimate of drug-likeness (QED) is 0.491. The molecule has 1 aliphatic heterocycles. The molecule has 0 aromatic carbocycles. The van der Waals surface area contributed by atoms with Gasteiger partial charge in [-0.25, -0.2) is 0 Å². The Morgan fingerprint density at radius 3 is 3.00 bits per heavy atom. The van der Waals surface area contributed by atoms with Gasteiger partial charge in [-0.1, -0.05) is 12.2 Å². The van der Waals surface area contributed by atoms with Crippen molar-refractivity contribution >= 4 is 0 Å². The van der Waals surface area contributed by atoms with Crippen molar-refractivity contribution in [1.29, 1.82) is 0 Å². The molecular formula is C8H15NO2. The van der Waals surface area contributed by atoms with Crippen molar-refractivity contribution in [1.82, 2.24) is 5.32 Å². The lowest BCUT2D eigenvalue weighted by Crippen LogP contribution is -2.34. The van der Waals surface area contributed by atoms with Crippen LogP contribution in [0.15, 0.2) is 12.2 Å². The highest BCUT2D eigenvalue weighted by molar-refractivity contribution is 4.98. The van der Waals surface area contributed by atoms with Crippen LogP contribution in [-0.4, -0.2) is 35.5 Å². The Morgan fingerprint density at radius 2 is 2.45 bits per heavy atom. The van der Waals surface area contributed by atoms with Gasteiger partial charge in [0.2, 0.25) is 0 Å². The van der Waals surface area contributed by atoms with Crippen LogP contribution in [0, 0.1) is 0 Å². The number of aliphatic hydroxyl groups excluding tert-OH is 2. The third kappa shape index (κ3) is 3.01. The van der Waals surface area contributed by atoms with Crippen LogP contribution in [0.5, 0.6) is 0 Å². The van der Waals surface area contributed by atoms with Crippen molar-refractivity contribution in [2.75, 3.05) is 13.2 Å². The maximum Gasteiger partial charge on any atom is 0.0788 e. The molecule has 0 spiro atoms. The van der Waals surface area contributed by atoms with Crippen LogP contribution in [0.2, 0.25) is 0 Å². The van der Waals surface area contributed by atoms with E-state index in [9.17, 15) is 0 Å². The molecule has 0 bridgehead atoms. The molecular weight excluding hydrogens is 142 g/mol. The van der Waals surface area contributed by atoms with E-state index >= 15 is 0 Å². The average Bonchev–Trinajstić information content (AvgIpc) is 2.06. The molecule has 3 heteroatoms. The fourth-order valence-corrected chi connectivity index (χ4v) is 1.21. The number of hydrogen-bond acceptors (Lipinski definition) is 3. The van der Waals surface area contributed by atoms with Gasteiger partial charge < -0.3 is 15.5 Å². The maximum atomic E-state index is 9.09. The van der Waals surface area contributed by atoms with Crippen LogP contribution in [0.1, 0.15) is 12.8 Å². The molecule has 0 radical (unpaired) electrons. The summed E-state index contributed by atoms with van der Waals surface area (Å²) in [6, 6.07) is 0.242. The number of nitrogens with one attached hydrogen (secondary N) is 1. The van der Waals surface area contributed by atoms with E-state index in [-0.39, 0.29) is 12.6 Å². The van der Waals surface area contributed by atoms with Gasteiger partial charge >= 0.3 is 0 Å². The van der Waals surface area contributed by atoms with Crippen LogP contribution in [0.3, 0.4) is 0 Å². The summed E-state index contributed by atoms with van der Waals surface area (Å²) < 4.78 is 0. The van der Waals surface area contributed by atoms with Crippen molar-refractivity contribution in [3.63, 3.8) is 0 Å². The molecule has 0 aromatic rings. The Hall–Kier alpha value is -0.380. The van der Waals surface area contributed by atoms with Crippen LogP contribution in [0.4, 0.5) is 0 Å². The Morgan fingerprint density at radius 1 is 1.64 bits per heavy atom. The van der Waals surface area contributed by atoms with Gasteiger partial charge in [0.25, 0.3) is 0 Å². The van der Waals surface area contributed by atoms with Gasteiger partial charge in [0.1, 0.15) is 0 Å². The zero-order chi connectivity index (χ0) is 8.10. The lowest BCUT2D eigenvalue weighted by Gasteiger charge is -2.20. The fraction of sp³-hybridized carbons (Fsp3) is 0.750. The molecule has 0 aliphatic carbocycles. The molecule has 64 valence electrons. The van der Waals surface area contributed by atoms with Crippen LogP contribution in [0.25, 0.3) is 0 Å². The summed E-state index contributed by atoms with van der Waals surface area (Å²) in [7, 11) is 0. The van der Waals surface area contributed by atoms with Crippen molar-refractivity contribution in [2.24, 2.45) is 0 Å². The number of aliphatic hydroxyl groups is 2. The van der Waals surface area contributed by atoms with E-state index in [1.165, 1.54) is 0 Å². The summed E-state index contributed by atoms with van der Waals surface area (Å²) in [5.74, 6) is 0. The highest BCUT2D eigenvalue weighted by atomic mass is 16.3. The van der Waals surface area contributed by atoms with Crippen molar-refractivity contribution in [3.05, 3.63) is 12.2 Å². The Kier molecular flexibility index (Phi) is 3.56. The molecule has 3 nitrogen and oxygen atoms in total. The molecule has 0 saturated carbocycles. The predicted molar refractivity (Wildman–Crippen MR) is 43.3 cm³/mol. The lowest BCUT2D eigenvalue weighted by atomic mass is 10.1. The van der Waals surface area contributed by atoms with Gasteiger partial charge in [0.05, 0.1) is 12.7 Å². The molecule has 0 amide bonds. The van der Waals surface area contributed by atoms with Crippen molar-refractivity contribution < 1.29 is 10.2 Å². The van der Waals surface area contributed by atoms with E-state index < -0.39 is 6.10 Å². The molecule has 2 unspecified atom stereocenters. The summed E-state index contributed by atoms with van der Waals surface area (Å²) in [4.78, 5) is 0. The van der Waals surface area contributed by atoms with E-state index in [2.05, 4.69) is 11.4 Å². The lowest BCUT2D eigenvalue weighted by molar-refractivity contribution is 0.0828. The first-order valence-electron chi connectivity index (χ1n) is 4.02. The minimum absolute atomic E-state index is 0.147. The largest absolute Gasteiger partial charge is 0.394 e. The maximum absolute atomic E-state index is 9.09. The van der Waals surface area contributed by atoms with Gasteiger partial charge in [-0.05, 0) is 19.4 Å². The monoisotopic (exact) mass is 157 g/mol. The third-order valence-corrected chi connectivity index (χ3v) is 1.82. The second-order valence-corrected chi connectivity index (χ2v) is 2.85. The zero-order valence-corrected chi connectivity index (χ0v) is 6.53. The minimum Gasteiger partial charge on any atom is -0.394 e. The standard InChI is InChI=1S/C8H15NO2/c10-6-8(11)5-7-3-1-2-4-9-7/h1,3,7-11H,2,4-6H2. The first-order valence-corrected chi connectivity index (χ1v) is 4.02. The predicted octanol–water partition coefficient (Wildman–Crippen LogP) is -0.352. The van der Waals surface area contributed by atoms with E-state index in [0.29, 0.717) is 6.42 Å². The molecule has 0 fully saturated rings. The van der Waals surface area contributed by atoms with Gasteiger partial charge in [-0.15, -0.1) is 0 Å². The van der Waals surface area contributed by atoms with Gasteiger partial charge in [0.15, 0.2) is 0 Å². The molecule has 3 N–H and O–H groups in total. The summed E-state index contributed by atoms with van der Waals surface area (Å²) in [6.07, 6.45) is 5.22. The van der Waals surface area contributed by atoms with E-state index in [0.717, 1.165) is 13.0 Å². The Labute approximate surface area is 66.7 Å². The van der Waals surface area contributed by atoms with Crippen LogP contribution >= 0.6 is 0 Å². The molecule has 11 heavy (non-hydrogen) atoms. The van der Waals surface area contributed by atoms with Crippen LogP contribution in [-0.2, 0) is 0 Å². The number of rotatable bonds is 3.